The van der Waals surface area contributed by atoms with Gasteiger partial charge in [0.15, 0.2) is 6.29 Å². The number of aldehydes is 1. The third-order valence-corrected chi connectivity index (χ3v) is 2.68. The molecule has 0 saturated carbocycles. The van der Waals surface area contributed by atoms with E-state index >= 15 is 0 Å². The van der Waals surface area contributed by atoms with Gasteiger partial charge in [-0.2, -0.15) is 0 Å². The summed E-state index contributed by atoms with van der Waals surface area (Å²) in [5, 5.41) is 0. The van der Waals surface area contributed by atoms with E-state index in [-0.39, 0.29) is 0 Å². The second-order valence-electron chi connectivity index (χ2n) is 3.49. The zero-order chi connectivity index (χ0) is 9.42. The molecule has 4 heteroatoms. The molecule has 0 bridgehead atoms. The topological polar surface area (TPSA) is 38.1 Å². The largest absolute Gasteiger partial charge is 0.332 e. The van der Waals surface area contributed by atoms with E-state index in [2.05, 4.69) is 28.4 Å². The van der Waals surface area contributed by atoms with Crippen LogP contribution in [0.15, 0.2) is 6.20 Å². The van der Waals surface area contributed by atoms with Crippen LogP contribution in [0.5, 0.6) is 0 Å². The number of rotatable bonds is 1. The number of carbonyl (C=O) groups is 1. The molecule has 0 spiro atoms. The van der Waals surface area contributed by atoms with Gasteiger partial charge in [-0.3, -0.25) is 9.69 Å². The Hall–Kier alpha value is -1.16. The minimum atomic E-state index is 0.308. The third-order valence-electron chi connectivity index (χ3n) is 2.68. The monoisotopic (exact) mass is 179 g/mol. The van der Waals surface area contributed by atoms with Crippen molar-refractivity contribution < 1.29 is 4.79 Å². The number of hydrogen-bond acceptors (Lipinski definition) is 3. The van der Waals surface area contributed by atoms with Crippen LogP contribution in [0.1, 0.15) is 29.3 Å². The van der Waals surface area contributed by atoms with Crippen LogP contribution in [-0.4, -0.2) is 34.3 Å². The lowest BCUT2D eigenvalue weighted by Gasteiger charge is -2.30. The predicted octanol–water partition coefficient (Wildman–Crippen LogP) is 0.702. The molecule has 4 nitrogen and oxygen atoms in total. The number of likely N-dealkylation sites (N-methyl/N-ethyl adjacent to an activating group) is 1. The van der Waals surface area contributed by atoms with Crippen molar-refractivity contribution in [2.45, 2.75) is 19.5 Å². The fraction of sp³-hybridized carbons (Fsp3) is 0.556. The Kier molecular flexibility index (Phi) is 1.92. The van der Waals surface area contributed by atoms with Gasteiger partial charge >= 0.3 is 0 Å². The van der Waals surface area contributed by atoms with Crippen LogP contribution >= 0.6 is 0 Å². The number of hydrogen-bond donors (Lipinski definition) is 0. The molecule has 0 fully saturated rings. The molecular formula is C9H13N3O. The SMILES string of the molecule is CC1c2nc(C=O)cn2CCN1C. The van der Waals surface area contributed by atoms with Crippen LogP contribution in [0.25, 0.3) is 0 Å². The van der Waals surface area contributed by atoms with Gasteiger partial charge in [-0.25, -0.2) is 4.98 Å². The summed E-state index contributed by atoms with van der Waals surface area (Å²) in [7, 11) is 2.07. The number of nitrogens with zero attached hydrogens (tertiary/aromatic N) is 3. The fourth-order valence-electron chi connectivity index (χ4n) is 1.68. The Labute approximate surface area is 77.2 Å². The van der Waals surface area contributed by atoms with Gasteiger partial charge in [0, 0.05) is 19.3 Å². The molecule has 0 aliphatic carbocycles. The summed E-state index contributed by atoms with van der Waals surface area (Å²) in [6.45, 7) is 4.05. The molecular weight excluding hydrogens is 166 g/mol. The van der Waals surface area contributed by atoms with E-state index in [4.69, 9.17) is 0 Å². The molecule has 1 unspecified atom stereocenters. The molecule has 0 saturated heterocycles. The van der Waals surface area contributed by atoms with Gasteiger partial charge in [-0.1, -0.05) is 0 Å². The van der Waals surface area contributed by atoms with Crippen molar-refractivity contribution in [1.29, 1.82) is 0 Å². The average Bonchev–Trinajstić information content (AvgIpc) is 2.55. The molecule has 1 atom stereocenters. The van der Waals surface area contributed by atoms with E-state index in [1.54, 1.807) is 0 Å². The number of fused-ring (bicyclic) bond motifs is 1. The molecule has 1 aliphatic heterocycles. The van der Waals surface area contributed by atoms with Gasteiger partial charge in [-0.05, 0) is 14.0 Å². The van der Waals surface area contributed by atoms with E-state index in [0.717, 1.165) is 25.2 Å². The highest BCUT2D eigenvalue weighted by molar-refractivity contribution is 5.71. The van der Waals surface area contributed by atoms with Gasteiger partial charge in [0.1, 0.15) is 11.5 Å². The van der Waals surface area contributed by atoms with Crippen LogP contribution in [0.4, 0.5) is 0 Å². The number of aromatic nitrogens is 2. The van der Waals surface area contributed by atoms with E-state index < -0.39 is 0 Å². The highest BCUT2D eigenvalue weighted by Crippen LogP contribution is 2.21. The normalized spacial score (nSPS) is 22.8. The Morgan fingerprint density at radius 2 is 2.38 bits per heavy atom. The second-order valence-corrected chi connectivity index (χ2v) is 3.49. The maximum absolute atomic E-state index is 10.5. The lowest BCUT2D eigenvalue weighted by atomic mass is 10.2. The van der Waals surface area contributed by atoms with Crippen molar-refractivity contribution in [2.24, 2.45) is 0 Å². The maximum Gasteiger partial charge on any atom is 0.170 e. The zero-order valence-electron chi connectivity index (χ0n) is 7.90. The highest BCUT2D eigenvalue weighted by Gasteiger charge is 2.22. The Balaban J connectivity index is 2.41. The first kappa shape index (κ1) is 8.44. The molecule has 13 heavy (non-hydrogen) atoms. The van der Waals surface area contributed by atoms with Crippen LogP contribution < -0.4 is 0 Å². The number of imidazole rings is 1. The van der Waals surface area contributed by atoms with Crippen molar-refractivity contribution in [3.8, 4) is 0 Å². The lowest BCUT2D eigenvalue weighted by Crippen LogP contribution is -2.33. The summed E-state index contributed by atoms with van der Waals surface area (Å²) in [4.78, 5) is 17.0. The highest BCUT2D eigenvalue weighted by atomic mass is 16.1. The maximum atomic E-state index is 10.5. The van der Waals surface area contributed by atoms with E-state index in [1.165, 1.54) is 0 Å². The Morgan fingerprint density at radius 1 is 1.62 bits per heavy atom. The molecule has 2 rings (SSSR count). The van der Waals surface area contributed by atoms with Crippen molar-refractivity contribution in [3.63, 3.8) is 0 Å². The summed E-state index contributed by atoms with van der Waals surface area (Å²) < 4.78 is 2.06. The Bertz CT molecular complexity index is 332. The first-order valence-corrected chi connectivity index (χ1v) is 4.45. The molecule has 70 valence electrons. The van der Waals surface area contributed by atoms with Crippen LogP contribution in [0.3, 0.4) is 0 Å². The van der Waals surface area contributed by atoms with Crippen molar-refractivity contribution in [2.75, 3.05) is 13.6 Å². The quantitative estimate of drug-likeness (QED) is 0.596. The van der Waals surface area contributed by atoms with Crippen LogP contribution in [-0.2, 0) is 6.54 Å². The molecule has 0 aromatic carbocycles. The first-order chi connectivity index (χ1) is 6.22. The van der Waals surface area contributed by atoms with E-state index in [9.17, 15) is 4.79 Å². The van der Waals surface area contributed by atoms with Crippen molar-refractivity contribution >= 4 is 6.29 Å². The van der Waals surface area contributed by atoms with Gasteiger partial charge in [0.25, 0.3) is 0 Å². The summed E-state index contributed by atoms with van der Waals surface area (Å²) in [6.07, 6.45) is 2.63. The fourth-order valence-corrected chi connectivity index (χ4v) is 1.68. The van der Waals surface area contributed by atoms with Gasteiger partial charge in [0.2, 0.25) is 0 Å². The number of carbonyl (C=O) groups excluding carboxylic acids is 1. The predicted molar refractivity (Wildman–Crippen MR) is 48.7 cm³/mol. The summed E-state index contributed by atoms with van der Waals surface area (Å²) in [5.41, 5.74) is 0.539. The Morgan fingerprint density at radius 3 is 3.08 bits per heavy atom. The molecule has 0 N–H and O–H groups in total. The molecule has 2 heterocycles. The zero-order valence-corrected chi connectivity index (χ0v) is 7.90. The minimum absolute atomic E-state index is 0.308. The summed E-state index contributed by atoms with van der Waals surface area (Å²) in [5.74, 6) is 0.996. The molecule has 1 aromatic rings. The molecule has 1 aliphatic rings. The van der Waals surface area contributed by atoms with E-state index in [1.807, 2.05) is 6.20 Å². The van der Waals surface area contributed by atoms with Gasteiger partial charge < -0.3 is 4.57 Å². The molecule has 1 aromatic heterocycles. The second kappa shape index (κ2) is 2.96. The van der Waals surface area contributed by atoms with E-state index in [0.29, 0.717) is 11.7 Å². The van der Waals surface area contributed by atoms with Gasteiger partial charge in [0.05, 0.1) is 6.04 Å². The smallest absolute Gasteiger partial charge is 0.170 e. The van der Waals surface area contributed by atoms with Crippen molar-refractivity contribution in [3.05, 3.63) is 17.7 Å². The van der Waals surface area contributed by atoms with Crippen LogP contribution in [0.2, 0.25) is 0 Å². The molecule has 0 amide bonds. The average molecular weight is 179 g/mol. The summed E-state index contributed by atoms with van der Waals surface area (Å²) >= 11 is 0. The molecule has 0 radical (unpaired) electrons. The summed E-state index contributed by atoms with van der Waals surface area (Å²) in [6, 6.07) is 0.308. The van der Waals surface area contributed by atoms with Gasteiger partial charge in [-0.15, -0.1) is 0 Å². The standard InChI is InChI=1S/C9H13N3O/c1-7-9-10-8(6-13)5-12(9)4-3-11(7)2/h5-7H,3-4H2,1-2H3. The van der Waals surface area contributed by atoms with Crippen LogP contribution in [0, 0.1) is 0 Å². The minimum Gasteiger partial charge on any atom is -0.332 e. The lowest BCUT2D eigenvalue weighted by molar-refractivity contribution is 0.111. The first-order valence-electron chi connectivity index (χ1n) is 4.45. The third kappa shape index (κ3) is 1.27. The van der Waals surface area contributed by atoms with Crippen molar-refractivity contribution in [1.82, 2.24) is 14.5 Å².